The second-order valence-corrected chi connectivity index (χ2v) is 54.1. The summed E-state index contributed by atoms with van der Waals surface area (Å²) in [5.74, 6) is -1.12. The van der Waals surface area contributed by atoms with Crippen molar-refractivity contribution < 1.29 is 15.6 Å². The van der Waals surface area contributed by atoms with Gasteiger partial charge in [0, 0.05) is 0 Å². The van der Waals surface area contributed by atoms with Crippen LogP contribution in [0.15, 0.2) is 71.8 Å². The maximum atomic E-state index is 8.41. The normalized spacial score (nSPS) is 20.1. The molecule has 0 fully saturated rings. The third-order valence-corrected chi connectivity index (χ3v) is 60.8. The molecule has 0 radical (unpaired) electrons. The van der Waals surface area contributed by atoms with E-state index in [4.69, 9.17) is 17.0 Å². The molecule has 2 atom stereocenters. The molecule has 0 nitrogen and oxygen atoms in total. The molecule has 0 amide bonds. The number of rotatable bonds is 5. The molecular weight excluding hydrogens is 575 g/mol. The van der Waals surface area contributed by atoms with E-state index in [1.165, 1.54) is 55.7 Å². The topological polar surface area (TPSA) is 0 Å². The third-order valence-electron chi connectivity index (χ3n) is 8.89. The first-order valence-electron chi connectivity index (χ1n) is 13.2. The zero-order valence-corrected chi connectivity index (χ0v) is 27.6. The van der Waals surface area contributed by atoms with Gasteiger partial charge in [0.25, 0.3) is 0 Å². The first kappa shape index (κ1) is 26.4. The van der Waals surface area contributed by atoms with Crippen molar-refractivity contribution in [3.05, 3.63) is 105 Å². The van der Waals surface area contributed by atoms with Gasteiger partial charge in [0.15, 0.2) is 0 Å². The van der Waals surface area contributed by atoms with Crippen LogP contribution < -0.4 is 0 Å². The SMILES string of the molecule is CC1=Cc2c(-c3ccccc3)ccc(C)c2[CH]1[Zr]([Cl])([Cl])([CH]1C(C(C)C)=Cc2c(C)cccc21)[SiH](C)C. The van der Waals surface area contributed by atoms with Gasteiger partial charge in [-0.3, -0.25) is 0 Å². The Labute approximate surface area is 226 Å². The fourth-order valence-corrected chi connectivity index (χ4v) is 39.2. The Hall–Kier alpha value is -1.18. The van der Waals surface area contributed by atoms with E-state index in [0.29, 0.717) is 5.92 Å². The molecule has 0 bridgehead atoms. The summed E-state index contributed by atoms with van der Waals surface area (Å²) in [4.78, 5) is 0. The molecule has 0 spiro atoms. The fraction of sp³-hybridized carbons (Fsp3) is 0.312. The van der Waals surface area contributed by atoms with Gasteiger partial charge in [-0.25, -0.2) is 0 Å². The van der Waals surface area contributed by atoms with Crippen molar-refractivity contribution in [2.24, 2.45) is 5.92 Å². The molecule has 2 unspecified atom stereocenters. The first-order valence-corrected chi connectivity index (χ1v) is 29.5. The van der Waals surface area contributed by atoms with E-state index in [9.17, 15) is 0 Å². The molecule has 2 aliphatic carbocycles. The van der Waals surface area contributed by atoms with Gasteiger partial charge in [-0.05, 0) is 0 Å². The summed E-state index contributed by atoms with van der Waals surface area (Å²) in [6.45, 7) is 16.3. The van der Waals surface area contributed by atoms with Gasteiger partial charge < -0.3 is 0 Å². The standard InChI is InChI=1S/C17H15.C13H15.C2H7Si.2ClH.Zr/c1-12-10-16-13(2)8-9-15(17(16)11-12)14-6-4-3-5-7-14;1-9(2)12-7-11-6-4-5-10(3)13(11)8-12;1-3-2;;;/h3-11H,1-2H3;4-9H,1-3H3;3H,1-2H3;2*1H;/q;;;;;+2/p-2. The minimum absolute atomic E-state index is 0.138. The van der Waals surface area contributed by atoms with Crippen LogP contribution in [0.25, 0.3) is 23.3 Å². The molecule has 0 aliphatic heterocycles. The number of aryl methyl sites for hydroxylation is 2. The molecule has 187 valence electrons. The number of benzene rings is 3. The van der Waals surface area contributed by atoms with Gasteiger partial charge in [-0.15, -0.1) is 0 Å². The zero-order valence-electron chi connectivity index (χ0n) is 22.5. The molecule has 36 heavy (non-hydrogen) atoms. The Morgan fingerprint density at radius 3 is 2.08 bits per heavy atom. The zero-order chi connectivity index (χ0) is 26.0. The van der Waals surface area contributed by atoms with Crippen molar-refractivity contribution in [2.75, 3.05) is 0 Å². The minimum atomic E-state index is -4.64. The van der Waals surface area contributed by atoms with Crippen LogP contribution in [-0.2, 0) is 15.6 Å². The van der Waals surface area contributed by atoms with E-state index in [0.717, 1.165) is 0 Å². The van der Waals surface area contributed by atoms with Gasteiger partial charge in [0.05, 0.1) is 0 Å². The predicted octanol–water partition coefficient (Wildman–Crippen LogP) is 10.2. The summed E-state index contributed by atoms with van der Waals surface area (Å²) >= 11 is -4.64. The van der Waals surface area contributed by atoms with Gasteiger partial charge in [0.2, 0.25) is 0 Å². The average Bonchev–Trinajstić information content (AvgIpc) is 3.41. The monoisotopic (exact) mass is 609 g/mol. The Morgan fingerprint density at radius 2 is 1.44 bits per heavy atom. The number of hydrogen-bond donors (Lipinski definition) is 0. The molecule has 0 heterocycles. The van der Waals surface area contributed by atoms with Crippen LogP contribution in [0.4, 0.5) is 0 Å². The number of fused-ring (bicyclic) bond motifs is 2. The van der Waals surface area contributed by atoms with Gasteiger partial charge in [0.1, 0.15) is 0 Å². The van der Waals surface area contributed by atoms with E-state index in [1.807, 2.05) is 0 Å². The van der Waals surface area contributed by atoms with E-state index in [1.54, 1.807) is 0 Å². The van der Waals surface area contributed by atoms with Crippen LogP contribution in [0.2, 0.25) is 13.1 Å². The van der Waals surface area contributed by atoms with Crippen molar-refractivity contribution in [3.63, 3.8) is 0 Å². The van der Waals surface area contributed by atoms with E-state index in [2.05, 4.69) is 121 Å². The Morgan fingerprint density at radius 1 is 0.750 bits per heavy atom. The molecule has 3 aromatic rings. The Kier molecular flexibility index (Phi) is 6.78. The van der Waals surface area contributed by atoms with Crippen molar-refractivity contribution in [1.82, 2.24) is 0 Å². The summed E-state index contributed by atoms with van der Waals surface area (Å²) in [7, 11) is 16.8. The summed E-state index contributed by atoms with van der Waals surface area (Å²) in [6.07, 6.45) is 4.85. The van der Waals surface area contributed by atoms with E-state index < -0.39 is 21.5 Å². The number of halogens is 2. The predicted molar refractivity (Wildman–Crippen MR) is 160 cm³/mol. The number of hydrogen-bond acceptors (Lipinski definition) is 0. The van der Waals surface area contributed by atoms with Crippen molar-refractivity contribution >= 4 is 35.1 Å². The molecule has 2 aliphatic rings. The molecule has 0 aromatic heterocycles. The second kappa shape index (κ2) is 9.23. The van der Waals surface area contributed by atoms with Crippen molar-refractivity contribution in [3.8, 4) is 11.1 Å². The average molecular weight is 612 g/mol. The number of allylic oxidation sites excluding steroid dienone is 2. The van der Waals surface area contributed by atoms with E-state index in [-0.39, 0.29) is 7.25 Å². The van der Waals surface area contributed by atoms with Gasteiger partial charge >= 0.3 is 228 Å². The molecular formula is C32H37Cl2SiZr. The molecule has 0 saturated heterocycles. The van der Waals surface area contributed by atoms with Gasteiger partial charge in [-0.1, -0.05) is 0 Å². The van der Waals surface area contributed by atoms with Crippen LogP contribution in [0, 0.1) is 19.8 Å². The summed E-state index contributed by atoms with van der Waals surface area (Å²) in [6, 6.07) is 22.1. The second-order valence-electron chi connectivity index (χ2n) is 11.6. The van der Waals surface area contributed by atoms with E-state index >= 15 is 0 Å². The third kappa shape index (κ3) is 3.78. The molecule has 0 saturated carbocycles. The van der Waals surface area contributed by atoms with Crippen LogP contribution in [0.1, 0.15) is 61.4 Å². The van der Waals surface area contributed by atoms with Gasteiger partial charge in [-0.2, -0.15) is 0 Å². The molecule has 3 aromatic carbocycles. The first-order chi connectivity index (χ1) is 17.0. The Bertz CT molecular complexity index is 1420. The Balaban J connectivity index is 1.81. The van der Waals surface area contributed by atoms with Crippen molar-refractivity contribution in [2.45, 2.75) is 55.0 Å². The van der Waals surface area contributed by atoms with Crippen LogP contribution in [0.3, 0.4) is 0 Å². The quantitative estimate of drug-likeness (QED) is 0.252. The fourth-order valence-electron chi connectivity index (χ4n) is 6.93. The molecule has 5 rings (SSSR count). The van der Waals surface area contributed by atoms with Crippen molar-refractivity contribution in [1.29, 1.82) is 0 Å². The molecule has 4 heteroatoms. The van der Waals surface area contributed by atoms with Crippen LogP contribution in [0.5, 0.6) is 0 Å². The van der Waals surface area contributed by atoms with Crippen LogP contribution in [-0.4, -0.2) is 5.92 Å². The summed E-state index contributed by atoms with van der Waals surface area (Å²) < 4.78 is 0.300. The van der Waals surface area contributed by atoms with Crippen LogP contribution >= 0.6 is 17.0 Å². The maximum absolute atomic E-state index is 8.41. The molecule has 0 N–H and O–H groups in total. The summed E-state index contributed by atoms with van der Waals surface area (Å²) in [5, 5.41) is 0. The summed E-state index contributed by atoms with van der Waals surface area (Å²) in [5.41, 5.74) is 13.5.